The van der Waals surface area contributed by atoms with Gasteiger partial charge in [0.2, 0.25) is 0 Å². The molecule has 1 aliphatic heterocycles. The van der Waals surface area contributed by atoms with E-state index in [0.717, 1.165) is 37.3 Å². The summed E-state index contributed by atoms with van der Waals surface area (Å²) in [6, 6.07) is 11.0. The van der Waals surface area contributed by atoms with Crippen molar-refractivity contribution in [3.05, 3.63) is 53.5 Å². The van der Waals surface area contributed by atoms with Gasteiger partial charge in [-0.2, -0.15) is 0 Å². The van der Waals surface area contributed by atoms with E-state index >= 15 is 0 Å². The standard InChI is InChI=1S/C19H23N5O/c1-3-14-5-4-6-15-7-8-16(20-19(14)15)9-23-10-17(11-23)24-12-18(13(2)25)21-22-24/h4-8,12-13,17,25H,3,9-11H2,1-2H3. The summed E-state index contributed by atoms with van der Waals surface area (Å²) in [7, 11) is 0. The summed E-state index contributed by atoms with van der Waals surface area (Å²) < 4.78 is 1.86. The number of fused-ring (bicyclic) bond motifs is 1. The highest BCUT2D eigenvalue weighted by Crippen LogP contribution is 2.24. The van der Waals surface area contributed by atoms with Gasteiger partial charge in [0.1, 0.15) is 5.69 Å². The van der Waals surface area contributed by atoms with Gasteiger partial charge in [0.15, 0.2) is 0 Å². The Kier molecular flexibility index (Phi) is 4.23. The zero-order chi connectivity index (χ0) is 17.4. The van der Waals surface area contributed by atoms with Gasteiger partial charge in [-0.25, -0.2) is 4.68 Å². The van der Waals surface area contributed by atoms with E-state index in [1.165, 1.54) is 10.9 Å². The van der Waals surface area contributed by atoms with E-state index < -0.39 is 6.10 Å². The number of rotatable bonds is 5. The second kappa shape index (κ2) is 6.54. The Hall–Kier alpha value is -2.31. The quantitative estimate of drug-likeness (QED) is 0.775. The molecule has 1 atom stereocenters. The summed E-state index contributed by atoms with van der Waals surface area (Å²) in [6.45, 7) is 6.58. The van der Waals surface area contributed by atoms with Crippen LogP contribution in [0.4, 0.5) is 0 Å². The van der Waals surface area contributed by atoms with Crippen molar-refractivity contribution >= 4 is 10.9 Å². The summed E-state index contributed by atoms with van der Waals surface area (Å²) in [6.07, 6.45) is 2.27. The lowest BCUT2D eigenvalue weighted by molar-refractivity contribution is 0.0883. The van der Waals surface area contributed by atoms with Crippen LogP contribution in [0.2, 0.25) is 0 Å². The van der Waals surface area contributed by atoms with Crippen LogP contribution in [0.25, 0.3) is 10.9 Å². The van der Waals surface area contributed by atoms with Crippen molar-refractivity contribution in [1.82, 2.24) is 24.9 Å². The third-order valence-electron chi connectivity index (χ3n) is 4.90. The van der Waals surface area contributed by atoms with Crippen LogP contribution in [0, 0.1) is 0 Å². The number of aliphatic hydroxyl groups excluding tert-OH is 1. The second-order valence-corrected chi connectivity index (χ2v) is 6.79. The van der Waals surface area contributed by atoms with E-state index in [0.29, 0.717) is 11.7 Å². The van der Waals surface area contributed by atoms with Crippen molar-refractivity contribution in [2.24, 2.45) is 0 Å². The van der Waals surface area contributed by atoms with Crippen molar-refractivity contribution in [3.8, 4) is 0 Å². The van der Waals surface area contributed by atoms with Crippen molar-refractivity contribution < 1.29 is 5.11 Å². The van der Waals surface area contributed by atoms with E-state index in [9.17, 15) is 5.11 Å². The first-order valence-corrected chi connectivity index (χ1v) is 8.83. The third-order valence-corrected chi connectivity index (χ3v) is 4.90. The van der Waals surface area contributed by atoms with Gasteiger partial charge in [-0.15, -0.1) is 5.10 Å². The second-order valence-electron chi connectivity index (χ2n) is 6.79. The summed E-state index contributed by atoms with van der Waals surface area (Å²) >= 11 is 0. The highest BCUT2D eigenvalue weighted by atomic mass is 16.3. The Bertz CT molecular complexity index is 882. The highest BCUT2D eigenvalue weighted by Gasteiger charge is 2.29. The van der Waals surface area contributed by atoms with Crippen molar-refractivity contribution in [3.63, 3.8) is 0 Å². The number of aryl methyl sites for hydroxylation is 1. The molecule has 6 nitrogen and oxygen atoms in total. The first-order chi connectivity index (χ1) is 12.1. The smallest absolute Gasteiger partial charge is 0.111 e. The van der Waals surface area contributed by atoms with Gasteiger partial charge in [0.05, 0.1) is 29.6 Å². The maximum absolute atomic E-state index is 9.55. The average molecular weight is 337 g/mol. The van der Waals surface area contributed by atoms with Crippen LogP contribution in [0.5, 0.6) is 0 Å². The van der Waals surface area contributed by atoms with E-state index in [-0.39, 0.29) is 0 Å². The van der Waals surface area contributed by atoms with Crippen LogP contribution < -0.4 is 0 Å². The first-order valence-electron chi connectivity index (χ1n) is 8.83. The van der Waals surface area contributed by atoms with Crippen molar-refractivity contribution in [2.75, 3.05) is 13.1 Å². The van der Waals surface area contributed by atoms with E-state index in [1.807, 2.05) is 10.9 Å². The van der Waals surface area contributed by atoms with Gasteiger partial charge in [-0.1, -0.05) is 36.4 Å². The molecule has 0 saturated carbocycles. The predicted molar refractivity (Wildman–Crippen MR) is 96.1 cm³/mol. The molecule has 0 aliphatic carbocycles. The molecule has 1 N–H and O–H groups in total. The molecule has 1 saturated heterocycles. The van der Waals surface area contributed by atoms with Crippen LogP contribution in [0.15, 0.2) is 36.5 Å². The van der Waals surface area contributed by atoms with Gasteiger partial charge in [-0.05, 0) is 25.0 Å². The number of likely N-dealkylation sites (tertiary alicyclic amines) is 1. The van der Waals surface area contributed by atoms with Crippen molar-refractivity contribution in [1.29, 1.82) is 0 Å². The number of hydrogen-bond acceptors (Lipinski definition) is 5. The monoisotopic (exact) mass is 337 g/mol. The van der Waals surface area contributed by atoms with E-state index in [2.05, 4.69) is 52.5 Å². The Balaban J connectivity index is 1.43. The molecule has 3 aromatic rings. The predicted octanol–water partition coefficient (Wildman–Crippen LogP) is 2.50. The molecule has 1 aliphatic rings. The lowest BCUT2D eigenvalue weighted by Gasteiger charge is -2.38. The van der Waals surface area contributed by atoms with Crippen LogP contribution in [-0.4, -0.2) is 43.1 Å². The molecule has 0 bridgehead atoms. The maximum atomic E-state index is 9.55. The van der Waals surface area contributed by atoms with Crippen LogP contribution in [0.1, 0.15) is 42.9 Å². The molecule has 3 heterocycles. The van der Waals surface area contributed by atoms with Gasteiger partial charge in [-0.3, -0.25) is 9.88 Å². The molecule has 4 rings (SSSR count). The highest BCUT2D eigenvalue weighted by molar-refractivity contribution is 5.81. The first kappa shape index (κ1) is 16.2. The molecule has 0 amide bonds. The molecular formula is C19H23N5O. The Morgan fingerprint density at radius 1 is 1.24 bits per heavy atom. The fourth-order valence-corrected chi connectivity index (χ4v) is 3.35. The molecule has 6 heteroatoms. The zero-order valence-corrected chi connectivity index (χ0v) is 14.6. The molecule has 1 fully saturated rings. The number of aliphatic hydroxyl groups is 1. The molecule has 130 valence electrons. The summed E-state index contributed by atoms with van der Waals surface area (Å²) in [5.74, 6) is 0. The van der Waals surface area contributed by atoms with Crippen molar-refractivity contribution in [2.45, 2.75) is 39.0 Å². The third kappa shape index (κ3) is 3.15. The average Bonchev–Trinajstić information content (AvgIpc) is 3.06. The van der Waals surface area contributed by atoms with Gasteiger partial charge in [0, 0.05) is 25.0 Å². The Morgan fingerprint density at radius 3 is 2.80 bits per heavy atom. The minimum atomic E-state index is -0.570. The molecule has 25 heavy (non-hydrogen) atoms. The molecule has 0 radical (unpaired) electrons. The minimum Gasteiger partial charge on any atom is -0.387 e. The van der Waals surface area contributed by atoms with Gasteiger partial charge in [0.25, 0.3) is 0 Å². The molecular weight excluding hydrogens is 314 g/mol. The molecule has 2 aromatic heterocycles. The minimum absolute atomic E-state index is 0.326. The Labute approximate surface area is 147 Å². The molecule has 1 unspecified atom stereocenters. The summed E-state index contributed by atoms with van der Waals surface area (Å²) in [5, 5.41) is 18.9. The van der Waals surface area contributed by atoms with Crippen LogP contribution >= 0.6 is 0 Å². The van der Waals surface area contributed by atoms with Gasteiger partial charge >= 0.3 is 0 Å². The van der Waals surface area contributed by atoms with E-state index in [1.54, 1.807) is 6.92 Å². The normalized spacial score (nSPS) is 16.9. The fraction of sp³-hybridized carbons (Fsp3) is 0.421. The number of benzene rings is 1. The number of pyridine rings is 1. The number of hydrogen-bond donors (Lipinski definition) is 1. The van der Waals surface area contributed by atoms with Crippen LogP contribution in [-0.2, 0) is 13.0 Å². The lowest BCUT2D eigenvalue weighted by atomic mass is 10.1. The number of nitrogens with zero attached hydrogens (tertiary/aromatic N) is 5. The Morgan fingerprint density at radius 2 is 2.08 bits per heavy atom. The summed E-state index contributed by atoms with van der Waals surface area (Å²) in [4.78, 5) is 7.24. The van der Waals surface area contributed by atoms with Gasteiger partial charge < -0.3 is 5.11 Å². The SMILES string of the molecule is CCc1cccc2ccc(CN3CC(n4cc(C(C)O)nn4)C3)nc12. The zero-order valence-electron chi connectivity index (χ0n) is 14.6. The van der Waals surface area contributed by atoms with E-state index in [4.69, 9.17) is 4.98 Å². The fourth-order valence-electron chi connectivity index (χ4n) is 3.35. The molecule has 1 aromatic carbocycles. The lowest BCUT2D eigenvalue weighted by Crippen LogP contribution is -2.47. The largest absolute Gasteiger partial charge is 0.387 e. The number of para-hydroxylation sites is 1. The summed E-state index contributed by atoms with van der Waals surface area (Å²) in [5.41, 5.74) is 4.16. The molecule has 0 spiro atoms. The van der Waals surface area contributed by atoms with Crippen LogP contribution in [0.3, 0.4) is 0 Å². The topological polar surface area (TPSA) is 67.1 Å². The maximum Gasteiger partial charge on any atom is 0.111 e. The number of aromatic nitrogens is 4.